The Morgan fingerprint density at radius 1 is 0.385 bits per heavy atom. The van der Waals surface area contributed by atoms with Gasteiger partial charge in [0.05, 0.1) is 7.11 Å². The monoisotopic (exact) mass is 500 g/mol. The van der Waals surface area contributed by atoms with E-state index in [1.807, 2.05) is 18.2 Å². The van der Waals surface area contributed by atoms with Gasteiger partial charge in [-0.3, -0.25) is 0 Å². The van der Waals surface area contributed by atoms with E-state index in [4.69, 9.17) is 9.15 Å². The van der Waals surface area contributed by atoms with E-state index in [1.165, 1.54) is 43.4 Å². The Kier molecular flexibility index (Phi) is 4.77. The molecule has 0 aliphatic heterocycles. The lowest BCUT2D eigenvalue weighted by molar-refractivity contribution is 0.415. The summed E-state index contributed by atoms with van der Waals surface area (Å²) < 4.78 is 11.6. The fourth-order valence-corrected chi connectivity index (χ4v) is 6.03. The zero-order valence-electron chi connectivity index (χ0n) is 21.4. The lowest BCUT2D eigenvalue weighted by Crippen LogP contribution is -1.85. The van der Waals surface area contributed by atoms with Crippen molar-refractivity contribution in [2.24, 2.45) is 0 Å². The number of furan rings is 1. The summed E-state index contributed by atoms with van der Waals surface area (Å²) in [6.07, 6.45) is 0. The summed E-state index contributed by atoms with van der Waals surface area (Å²) in [7, 11) is 1.69. The summed E-state index contributed by atoms with van der Waals surface area (Å²) in [6, 6.07) is 45.5. The fourth-order valence-electron chi connectivity index (χ4n) is 6.03. The first-order valence-electron chi connectivity index (χ1n) is 13.2. The third-order valence-corrected chi connectivity index (χ3v) is 7.95. The first kappa shape index (κ1) is 22.0. The molecule has 0 unspecified atom stereocenters. The average Bonchev–Trinajstić information content (AvgIpc) is 3.38. The van der Waals surface area contributed by atoms with Crippen molar-refractivity contribution in [3.63, 3.8) is 0 Å². The summed E-state index contributed by atoms with van der Waals surface area (Å²) in [5.74, 6) is 0.832. The lowest BCUT2D eigenvalue weighted by Gasteiger charge is -2.12. The van der Waals surface area contributed by atoms with Crippen molar-refractivity contribution in [3.05, 3.63) is 127 Å². The maximum Gasteiger partial charge on any atom is 0.136 e. The summed E-state index contributed by atoms with van der Waals surface area (Å²) >= 11 is 0. The van der Waals surface area contributed by atoms with Gasteiger partial charge >= 0.3 is 0 Å². The normalized spacial score (nSPS) is 11.7. The number of benzene rings is 7. The second-order valence-corrected chi connectivity index (χ2v) is 10.1. The van der Waals surface area contributed by atoms with E-state index in [0.717, 1.165) is 38.8 Å². The molecule has 0 radical (unpaired) electrons. The van der Waals surface area contributed by atoms with Gasteiger partial charge < -0.3 is 9.15 Å². The van der Waals surface area contributed by atoms with E-state index in [-0.39, 0.29) is 0 Å². The Morgan fingerprint density at radius 2 is 0.949 bits per heavy atom. The average molecular weight is 501 g/mol. The van der Waals surface area contributed by atoms with Crippen LogP contribution in [0.5, 0.6) is 5.75 Å². The molecule has 0 saturated carbocycles. The Morgan fingerprint density at radius 3 is 1.62 bits per heavy atom. The van der Waals surface area contributed by atoms with Gasteiger partial charge in [-0.05, 0) is 97.0 Å². The zero-order valence-corrected chi connectivity index (χ0v) is 21.4. The quantitative estimate of drug-likeness (QED) is 0.225. The minimum absolute atomic E-state index is 0.832. The van der Waals surface area contributed by atoms with Gasteiger partial charge in [-0.15, -0.1) is 0 Å². The Balaban J connectivity index is 1.27. The SMILES string of the molecule is COc1ccc2oc3cc(-c4cccc(-c5ccc6c7ccccc7c7ccccc7c6c5)c4)ccc3c2c1. The molecule has 7 aromatic carbocycles. The highest BCUT2D eigenvalue weighted by Crippen LogP contribution is 2.38. The van der Waals surface area contributed by atoms with Crippen molar-refractivity contribution in [1.29, 1.82) is 0 Å². The van der Waals surface area contributed by atoms with Crippen LogP contribution in [0.4, 0.5) is 0 Å². The maximum absolute atomic E-state index is 6.20. The highest BCUT2D eigenvalue weighted by Gasteiger charge is 2.12. The molecule has 0 N–H and O–H groups in total. The molecule has 8 aromatic rings. The van der Waals surface area contributed by atoms with Crippen LogP contribution in [-0.4, -0.2) is 7.11 Å². The molecule has 0 atom stereocenters. The molecule has 1 heterocycles. The summed E-state index contributed by atoms with van der Waals surface area (Å²) in [4.78, 5) is 0. The molecule has 184 valence electrons. The third kappa shape index (κ3) is 3.42. The van der Waals surface area contributed by atoms with Crippen LogP contribution in [0.2, 0.25) is 0 Å². The van der Waals surface area contributed by atoms with Gasteiger partial charge in [-0.1, -0.05) is 84.9 Å². The topological polar surface area (TPSA) is 22.4 Å². The maximum atomic E-state index is 6.20. The third-order valence-electron chi connectivity index (χ3n) is 7.95. The number of rotatable bonds is 3. The molecular formula is C37H24O2. The van der Waals surface area contributed by atoms with Crippen molar-refractivity contribution < 1.29 is 9.15 Å². The van der Waals surface area contributed by atoms with Crippen LogP contribution in [0, 0.1) is 0 Å². The van der Waals surface area contributed by atoms with E-state index in [1.54, 1.807) is 7.11 Å². The standard InChI is InChI=1S/C37H24O2/c1-38-27-15-18-36-35(22-27)33-17-14-26(21-37(33)39-36)24-8-6-7-23(19-24)25-13-16-32-30-11-3-2-9-28(30)29-10-4-5-12-31(29)34(32)20-25/h2-22H,1H3. The van der Waals surface area contributed by atoms with Gasteiger partial charge in [0.15, 0.2) is 0 Å². The lowest BCUT2D eigenvalue weighted by atomic mass is 9.91. The number of fused-ring (bicyclic) bond motifs is 9. The molecule has 1 aromatic heterocycles. The van der Waals surface area contributed by atoms with Gasteiger partial charge in [0.25, 0.3) is 0 Å². The number of hydrogen-bond donors (Lipinski definition) is 0. The highest BCUT2D eigenvalue weighted by atomic mass is 16.5. The summed E-state index contributed by atoms with van der Waals surface area (Å²) in [6.45, 7) is 0. The largest absolute Gasteiger partial charge is 0.497 e. The molecule has 0 aliphatic carbocycles. The number of ether oxygens (including phenoxy) is 1. The van der Waals surface area contributed by atoms with Crippen LogP contribution >= 0.6 is 0 Å². The molecule has 0 aliphatic rings. The molecule has 0 saturated heterocycles. The summed E-state index contributed by atoms with van der Waals surface area (Å²) in [5.41, 5.74) is 6.45. The van der Waals surface area contributed by atoms with Crippen molar-refractivity contribution in [2.75, 3.05) is 7.11 Å². The van der Waals surface area contributed by atoms with Gasteiger partial charge in [-0.2, -0.15) is 0 Å². The molecule has 8 rings (SSSR count). The second kappa shape index (κ2) is 8.47. The molecule has 0 fully saturated rings. The molecule has 39 heavy (non-hydrogen) atoms. The minimum atomic E-state index is 0.832. The molecular weight excluding hydrogens is 476 g/mol. The van der Waals surface area contributed by atoms with Crippen LogP contribution in [0.1, 0.15) is 0 Å². The zero-order chi connectivity index (χ0) is 25.9. The molecule has 2 nitrogen and oxygen atoms in total. The van der Waals surface area contributed by atoms with Gasteiger partial charge in [-0.25, -0.2) is 0 Å². The smallest absolute Gasteiger partial charge is 0.136 e. The first-order chi connectivity index (χ1) is 19.3. The van der Waals surface area contributed by atoms with E-state index in [2.05, 4.69) is 109 Å². The van der Waals surface area contributed by atoms with Crippen molar-refractivity contribution in [2.45, 2.75) is 0 Å². The second-order valence-electron chi connectivity index (χ2n) is 10.1. The van der Waals surface area contributed by atoms with Crippen LogP contribution < -0.4 is 4.74 Å². The van der Waals surface area contributed by atoms with Crippen molar-refractivity contribution >= 4 is 54.3 Å². The molecule has 0 amide bonds. The highest BCUT2D eigenvalue weighted by molar-refractivity contribution is 6.25. The Labute approximate surface area is 225 Å². The predicted molar refractivity (Wildman–Crippen MR) is 164 cm³/mol. The van der Waals surface area contributed by atoms with Crippen molar-refractivity contribution in [3.8, 4) is 28.0 Å². The molecule has 0 spiro atoms. The minimum Gasteiger partial charge on any atom is -0.497 e. The van der Waals surface area contributed by atoms with Gasteiger partial charge in [0.1, 0.15) is 16.9 Å². The van der Waals surface area contributed by atoms with E-state index < -0.39 is 0 Å². The summed E-state index contributed by atoms with van der Waals surface area (Å²) in [5, 5.41) is 9.91. The predicted octanol–water partition coefficient (Wildman–Crippen LogP) is 10.4. The van der Waals surface area contributed by atoms with E-state index in [9.17, 15) is 0 Å². The van der Waals surface area contributed by atoms with Crippen LogP contribution in [0.3, 0.4) is 0 Å². The fraction of sp³-hybridized carbons (Fsp3) is 0.0270. The van der Waals surface area contributed by atoms with Crippen LogP contribution in [-0.2, 0) is 0 Å². The van der Waals surface area contributed by atoms with Crippen LogP contribution in [0.15, 0.2) is 132 Å². The van der Waals surface area contributed by atoms with Gasteiger partial charge in [0, 0.05) is 10.8 Å². The Hall–Kier alpha value is -5.08. The number of hydrogen-bond acceptors (Lipinski definition) is 2. The van der Waals surface area contributed by atoms with E-state index in [0.29, 0.717) is 0 Å². The van der Waals surface area contributed by atoms with Crippen molar-refractivity contribution in [1.82, 2.24) is 0 Å². The van der Waals surface area contributed by atoms with Crippen LogP contribution in [0.25, 0.3) is 76.5 Å². The Bertz CT molecular complexity index is 2180. The van der Waals surface area contributed by atoms with Gasteiger partial charge in [0.2, 0.25) is 0 Å². The first-order valence-corrected chi connectivity index (χ1v) is 13.2. The molecule has 0 bridgehead atoms. The number of methoxy groups -OCH3 is 1. The molecule has 2 heteroatoms. The van der Waals surface area contributed by atoms with E-state index >= 15 is 0 Å².